The van der Waals surface area contributed by atoms with Gasteiger partial charge in [0.1, 0.15) is 0 Å². The monoisotopic (exact) mass is 216 g/mol. The number of thioether (sulfide) groups is 1. The van der Waals surface area contributed by atoms with Crippen LogP contribution in [0.1, 0.15) is 20.8 Å². The normalized spacial score (nSPS) is 10.6. The van der Waals surface area contributed by atoms with Gasteiger partial charge in [-0.3, -0.25) is 0 Å². The van der Waals surface area contributed by atoms with Crippen LogP contribution in [-0.2, 0) is 4.74 Å². The first kappa shape index (κ1) is 15.7. The Balaban J connectivity index is 0. The molecule has 0 saturated heterocycles. The first-order valence-corrected chi connectivity index (χ1v) is 4.79. The van der Waals surface area contributed by atoms with E-state index in [1.807, 2.05) is 20.8 Å². The molecule has 0 amide bonds. The van der Waals surface area contributed by atoms with Crippen LogP contribution in [0.2, 0.25) is 0 Å². The molecule has 66 valence electrons. The van der Waals surface area contributed by atoms with Crippen molar-refractivity contribution >= 4 is 28.4 Å². The Kier molecular flexibility index (Phi) is 9.91. The van der Waals surface area contributed by atoms with E-state index in [4.69, 9.17) is 4.74 Å². The number of rotatable bonds is 3. The molecule has 0 unspecified atom stereocenters. The van der Waals surface area contributed by atoms with Crippen LogP contribution in [0.25, 0.3) is 0 Å². The van der Waals surface area contributed by atoms with Gasteiger partial charge in [0.2, 0.25) is 0 Å². The van der Waals surface area contributed by atoms with Gasteiger partial charge < -0.3 is 9.84 Å². The molecule has 0 aromatic rings. The summed E-state index contributed by atoms with van der Waals surface area (Å²) in [6, 6.07) is 0. The molecule has 0 aromatic heterocycles. The van der Waals surface area contributed by atoms with E-state index >= 15 is 0 Å². The summed E-state index contributed by atoms with van der Waals surface area (Å²) in [7, 11) is 0. The van der Waals surface area contributed by atoms with Crippen molar-refractivity contribution in [2.45, 2.75) is 26.4 Å². The summed E-state index contributed by atoms with van der Waals surface area (Å²) in [6.45, 7) is 6.52. The zero-order valence-corrected chi connectivity index (χ0v) is 11.7. The van der Waals surface area contributed by atoms with Crippen LogP contribution < -0.4 is 34.7 Å². The molecule has 0 heterocycles. The van der Waals surface area contributed by atoms with Crippen LogP contribution in [0.15, 0.2) is 0 Å². The molecule has 2 nitrogen and oxygen atoms in total. The molecule has 0 aliphatic rings. The molecule has 0 saturated carbocycles. The van der Waals surface area contributed by atoms with Crippen LogP contribution in [0.3, 0.4) is 0 Å². The molecule has 0 N–H and O–H groups in total. The van der Waals surface area contributed by atoms with Crippen molar-refractivity contribution in [3.8, 4) is 0 Å². The molecule has 12 heavy (non-hydrogen) atoms. The zero-order chi connectivity index (χ0) is 8.91. The molecule has 5 heteroatoms. The molecule has 0 aromatic carbocycles. The van der Waals surface area contributed by atoms with E-state index in [9.17, 15) is 5.11 Å². The van der Waals surface area contributed by atoms with Crippen LogP contribution in [0.5, 0.6) is 0 Å². The number of hydrogen-bond acceptors (Lipinski definition) is 4. The summed E-state index contributed by atoms with van der Waals surface area (Å²) in [4.78, 5) is 0. The van der Waals surface area contributed by atoms with Gasteiger partial charge in [0.15, 0.2) is 0 Å². The molecule has 0 radical (unpaired) electrons. The predicted molar refractivity (Wildman–Crippen MR) is 50.8 cm³/mol. The fourth-order valence-electron chi connectivity index (χ4n) is 0.473. The largest absolute Gasteiger partial charge is 1.00 e. The Morgan fingerprint density at radius 2 is 2.00 bits per heavy atom. The van der Waals surface area contributed by atoms with Crippen molar-refractivity contribution in [1.82, 2.24) is 0 Å². The van der Waals surface area contributed by atoms with Crippen LogP contribution in [0.4, 0.5) is 0 Å². The molecule has 0 rings (SSSR count). The first-order chi connectivity index (χ1) is 4.92. The minimum absolute atomic E-state index is 0. The Labute approximate surface area is 106 Å². The Morgan fingerprint density at radius 1 is 1.50 bits per heavy atom. The van der Waals surface area contributed by atoms with Gasteiger partial charge in [-0.2, -0.15) is 0 Å². The fraction of sp³-hybridized carbons (Fsp3) is 0.857. The van der Waals surface area contributed by atoms with Gasteiger partial charge in [0.25, 0.3) is 0 Å². The molecular weight excluding hydrogens is 203 g/mol. The van der Waals surface area contributed by atoms with Gasteiger partial charge >= 0.3 is 29.6 Å². The molecule has 0 aliphatic heterocycles. The Hall–Kier alpha value is 1.20. The van der Waals surface area contributed by atoms with Crippen molar-refractivity contribution in [2.24, 2.45) is 0 Å². The maximum atomic E-state index is 10.3. The van der Waals surface area contributed by atoms with E-state index in [1.54, 1.807) is 0 Å². The van der Waals surface area contributed by atoms with Crippen LogP contribution in [-0.4, -0.2) is 22.3 Å². The predicted octanol–water partition coefficient (Wildman–Crippen LogP) is -1.82. The van der Waals surface area contributed by atoms with Crippen LogP contribution in [0, 0.1) is 0 Å². The molecule has 0 fully saturated rings. The SMILES string of the molecule is CC(C)(C)OCCSC([O-])=S.[Na+]. The second-order valence-electron chi connectivity index (χ2n) is 3.06. The maximum absolute atomic E-state index is 10.3. The van der Waals surface area contributed by atoms with E-state index in [-0.39, 0.29) is 39.5 Å². The van der Waals surface area contributed by atoms with Gasteiger partial charge in [-0.1, -0.05) is 12.2 Å². The molecule has 0 atom stereocenters. The van der Waals surface area contributed by atoms with Gasteiger partial charge in [-0.05, 0) is 25.2 Å². The molecular formula is C7H13NaO2S2. The molecule has 0 spiro atoms. The van der Waals surface area contributed by atoms with Crippen molar-refractivity contribution in [3.05, 3.63) is 0 Å². The summed E-state index contributed by atoms with van der Waals surface area (Å²) >= 11 is 5.48. The van der Waals surface area contributed by atoms with Crippen molar-refractivity contribution in [2.75, 3.05) is 12.4 Å². The van der Waals surface area contributed by atoms with Gasteiger partial charge in [0, 0.05) is 5.75 Å². The topological polar surface area (TPSA) is 32.3 Å². The van der Waals surface area contributed by atoms with Gasteiger partial charge in [-0.25, -0.2) is 0 Å². The van der Waals surface area contributed by atoms with E-state index in [0.717, 1.165) is 11.8 Å². The summed E-state index contributed by atoms with van der Waals surface area (Å²) in [5, 5.41) is 10.3. The van der Waals surface area contributed by atoms with Crippen molar-refractivity contribution < 1.29 is 39.4 Å². The Morgan fingerprint density at radius 3 is 2.33 bits per heavy atom. The van der Waals surface area contributed by atoms with E-state index in [1.165, 1.54) is 0 Å². The van der Waals surface area contributed by atoms with Crippen molar-refractivity contribution in [1.29, 1.82) is 0 Å². The second-order valence-corrected chi connectivity index (χ2v) is 4.76. The van der Waals surface area contributed by atoms with E-state index in [2.05, 4.69) is 12.2 Å². The average molecular weight is 216 g/mol. The summed E-state index contributed by atoms with van der Waals surface area (Å²) in [5.74, 6) is 0.652. The van der Waals surface area contributed by atoms with Gasteiger partial charge in [0.05, 0.1) is 12.2 Å². The number of ether oxygens (including phenoxy) is 1. The smallest absolute Gasteiger partial charge is 0.860 e. The third kappa shape index (κ3) is 13.8. The first-order valence-electron chi connectivity index (χ1n) is 3.39. The minimum atomic E-state index is -0.262. The summed E-state index contributed by atoms with van der Waals surface area (Å²) in [6.07, 6.45) is 0. The second kappa shape index (κ2) is 7.59. The summed E-state index contributed by atoms with van der Waals surface area (Å²) in [5.41, 5.74) is -0.120. The van der Waals surface area contributed by atoms with E-state index in [0.29, 0.717) is 12.4 Å². The maximum Gasteiger partial charge on any atom is 1.00 e. The molecule has 0 bridgehead atoms. The van der Waals surface area contributed by atoms with E-state index < -0.39 is 0 Å². The molecule has 0 aliphatic carbocycles. The third-order valence-corrected chi connectivity index (χ3v) is 1.80. The van der Waals surface area contributed by atoms with Crippen molar-refractivity contribution in [3.63, 3.8) is 0 Å². The fourth-order valence-corrected chi connectivity index (χ4v) is 1.06. The third-order valence-electron chi connectivity index (χ3n) is 0.838. The quantitative estimate of drug-likeness (QED) is 0.316. The Bertz CT molecular complexity index is 134. The zero-order valence-electron chi connectivity index (χ0n) is 8.05. The van der Waals surface area contributed by atoms with Crippen LogP contribution >= 0.6 is 24.0 Å². The standard InChI is InChI=1S/C7H14O2S2.Na/c1-7(2,3)9-4-5-11-6(8)10;/h4-5H2,1-3H3,(H,8,10);/q;+1/p-1. The summed E-state index contributed by atoms with van der Waals surface area (Å²) < 4.78 is 5.10. The number of thiocarbonyl (C=S) groups is 1. The minimum Gasteiger partial charge on any atom is -0.860 e. The number of hydrogen-bond donors (Lipinski definition) is 0. The van der Waals surface area contributed by atoms with Gasteiger partial charge in [-0.15, -0.1) is 11.8 Å². The average Bonchev–Trinajstić information content (AvgIpc) is 1.78.